The molecule has 0 aromatic heterocycles. The minimum Gasteiger partial charge on any atom is -0.289 e. The number of benzene rings is 3. The van der Waals surface area contributed by atoms with Crippen molar-refractivity contribution in [3.8, 4) is 0 Å². The van der Waals surface area contributed by atoms with E-state index in [0.29, 0.717) is 0 Å². The van der Waals surface area contributed by atoms with Gasteiger partial charge in [-0.05, 0) is 18.2 Å². The van der Waals surface area contributed by atoms with Crippen LogP contribution in [0.4, 0.5) is 5.69 Å². The first-order chi connectivity index (χ1) is 12.4. The maximum atomic E-state index is 12.9. The van der Waals surface area contributed by atoms with E-state index < -0.39 is 20.5 Å². The minimum absolute atomic E-state index is 0.0102. The van der Waals surface area contributed by atoms with Crippen LogP contribution in [0.1, 0.15) is 15.9 Å². The molecule has 3 aromatic rings. The van der Waals surface area contributed by atoms with Gasteiger partial charge in [0.2, 0.25) is 9.84 Å². The number of ketones is 1. The van der Waals surface area contributed by atoms with Crippen molar-refractivity contribution in [1.29, 1.82) is 0 Å². The zero-order chi connectivity index (χ0) is 18.7. The van der Waals surface area contributed by atoms with Crippen LogP contribution in [0.15, 0.2) is 88.7 Å². The summed E-state index contributed by atoms with van der Waals surface area (Å²) in [5.74, 6) is -0.594. The van der Waals surface area contributed by atoms with Gasteiger partial charge in [-0.1, -0.05) is 48.5 Å². The molecular weight excluding hydrogens is 354 g/mol. The highest BCUT2D eigenvalue weighted by Crippen LogP contribution is 2.29. The second-order valence-corrected chi connectivity index (χ2v) is 7.37. The van der Waals surface area contributed by atoms with Crippen molar-refractivity contribution < 1.29 is 18.1 Å². The lowest BCUT2D eigenvalue weighted by Crippen LogP contribution is -2.11. The van der Waals surface area contributed by atoms with E-state index in [-0.39, 0.29) is 26.6 Å². The van der Waals surface area contributed by atoms with Crippen LogP contribution in [0.25, 0.3) is 0 Å². The fraction of sp³-hybridized carbons (Fsp3) is 0. The molecule has 0 aliphatic rings. The topological polar surface area (TPSA) is 94.3 Å². The van der Waals surface area contributed by atoms with Crippen molar-refractivity contribution in [3.63, 3.8) is 0 Å². The van der Waals surface area contributed by atoms with Crippen LogP contribution in [-0.2, 0) is 9.84 Å². The third kappa shape index (κ3) is 3.25. The van der Waals surface area contributed by atoms with E-state index in [1.807, 2.05) is 0 Å². The minimum atomic E-state index is -4.01. The van der Waals surface area contributed by atoms with E-state index in [4.69, 9.17) is 0 Å². The van der Waals surface area contributed by atoms with Crippen LogP contribution in [0, 0.1) is 10.1 Å². The van der Waals surface area contributed by atoms with Gasteiger partial charge in [0, 0.05) is 23.3 Å². The Balaban J connectivity index is 2.23. The molecule has 0 N–H and O–H groups in total. The largest absolute Gasteiger partial charge is 0.289 e. The number of sulfone groups is 1. The number of nitro benzene ring substituents is 1. The molecule has 3 rings (SSSR count). The normalized spacial score (nSPS) is 11.1. The fourth-order valence-electron chi connectivity index (χ4n) is 2.51. The third-order valence-corrected chi connectivity index (χ3v) is 5.63. The van der Waals surface area contributed by atoms with Gasteiger partial charge in [-0.3, -0.25) is 14.9 Å². The zero-order valence-corrected chi connectivity index (χ0v) is 14.2. The number of carbonyl (C=O) groups is 1. The summed E-state index contributed by atoms with van der Waals surface area (Å²) >= 11 is 0. The number of nitrogens with zero attached hydrogens (tertiary/aromatic N) is 1. The highest BCUT2D eigenvalue weighted by atomic mass is 32.2. The summed E-state index contributed by atoms with van der Waals surface area (Å²) < 4.78 is 25.9. The maximum absolute atomic E-state index is 12.9. The van der Waals surface area contributed by atoms with E-state index in [2.05, 4.69) is 0 Å². The molecule has 0 aliphatic carbocycles. The van der Waals surface area contributed by atoms with E-state index in [1.165, 1.54) is 24.3 Å². The fourth-order valence-corrected chi connectivity index (χ4v) is 3.97. The molecule has 7 heteroatoms. The molecule has 0 saturated carbocycles. The molecule has 0 radical (unpaired) electrons. The predicted octanol–water partition coefficient (Wildman–Crippen LogP) is 3.66. The van der Waals surface area contributed by atoms with E-state index in [9.17, 15) is 23.3 Å². The summed E-state index contributed by atoms with van der Waals surface area (Å²) in [5, 5.41) is 11.1. The lowest BCUT2D eigenvalue weighted by Gasteiger charge is -2.10. The average molecular weight is 367 g/mol. The van der Waals surface area contributed by atoms with Crippen molar-refractivity contribution in [3.05, 3.63) is 100 Å². The smallest absolute Gasteiger partial charge is 0.270 e. The van der Waals surface area contributed by atoms with Gasteiger partial charge >= 0.3 is 0 Å². The molecule has 0 saturated heterocycles. The lowest BCUT2D eigenvalue weighted by molar-refractivity contribution is -0.384. The molecule has 0 heterocycles. The summed E-state index contributed by atoms with van der Waals surface area (Å²) in [4.78, 5) is 23.0. The predicted molar refractivity (Wildman–Crippen MR) is 94.9 cm³/mol. The van der Waals surface area contributed by atoms with Gasteiger partial charge < -0.3 is 0 Å². The molecule has 0 unspecified atom stereocenters. The Kier molecular flexibility index (Phi) is 4.64. The Hall–Kier alpha value is -3.32. The van der Waals surface area contributed by atoms with E-state index >= 15 is 0 Å². The highest BCUT2D eigenvalue weighted by molar-refractivity contribution is 7.91. The van der Waals surface area contributed by atoms with Crippen LogP contribution in [-0.4, -0.2) is 19.1 Å². The number of hydrogen-bond acceptors (Lipinski definition) is 5. The molecule has 0 bridgehead atoms. The van der Waals surface area contributed by atoms with Crippen molar-refractivity contribution >= 4 is 21.3 Å². The summed E-state index contributed by atoms with van der Waals surface area (Å²) in [6, 6.07) is 18.9. The molecule has 0 spiro atoms. The van der Waals surface area contributed by atoms with Crippen molar-refractivity contribution in [2.75, 3.05) is 0 Å². The van der Waals surface area contributed by atoms with Gasteiger partial charge in [0.05, 0.1) is 14.7 Å². The summed E-state index contributed by atoms with van der Waals surface area (Å²) in [6.45, 7) is 0. The second kappa shape index (κ2) is 6.89. The molecule has 3 aromatic carbocycles. The van der Waals surface area contributed by atoms with Gasteiger partial charge in [0.1, 0.15) is 0 Å². The van der Waals surface area contributed by atoms with Gasteiger partial charge in [-0.25, -0.2) is 8.42 Å². The Labute approximate surface area is 149 Å². The number of nitro groups is 1. The Morgan fingerprint density at radius 3 is 2.00 bits per heavy atom. The molecule has 6 nitrogen and oxygen atoms in total. The Bertz CT molecular complexity index is 1080. The Morgan fingerprint density at radius 2 is 1.42 bits per heavy atom. The molecule has 0 atom stereocenters. The first-order valence-electron chi connectivity index (χ1n) is 7.59. The number of carbonyl (C=O) groups excluding carboxylic acids is 1. The molecule has 26 heavy (non-hydrogen) atoms. The molecular formula is C19H13NO5S. The zero-order valence-electron chi connectivity index (χ0n) is 13.4. The standard InChI is InChI=1S/C19H13NO5S/c21-19(14-7-3-1-4-8-14)17-13-15(20(22)23)11-12-18(17)26(24,25)16-9-5-2-6-10-16/h1-13H. The van der Waals surface area contributed by atoms with Gasteiger partial charge in [0.15, 0.2) is 5.78 Å². The number of rotatable bonds is 5. The quantitative estimate of drug-likeness (QED) is 0.390. The number of non-ortho nitro benzene ring substituents is 1. The lowest BCUT2D eigenvalue weighted by atomic mass is 10.0. The second-order valence-electron chi connectivity index (χ2n) is 5.45. The number of hydrogen-bond donors (Lipinski definition) is 0. The first kappa shape index (κ1) is 17.5. The van der Waals surface area contributed by atoms with E-state index in [0.717, 1.165) is 18.2 Å². The summed E-state index contributed by atoms with van der Waals surface area (Å²) in [7, 11) is -4.01. The van der Waals surface area contributed by atoms with Crippen molar-refractivity contribution in [2.45, 2.75) is 9.79 Å². The Morgan fingerprint density at radius 1 is 0.846 bits per heavy atom. The van der Waals surface area contributed by atoms with Crippen LogP contribution in [0.5, 0.6) is 0 Å². The summed E-state index contributed by atoms with van der Waals surface area (Å²) in [5.41, 5.74) is -0.331. The average Bonchev–Trinajstić information content (AvgIpc) is 2.68. The molecule has 0 fully saturated rings. The van der Waals surface area contributed by atoms with Crippen LogP contribution in [0.2, 0.25) is 0 Å². The first-order valence-corrected chi connectivity index (χ1v) is 9.08. The SMILES string of the molecule is O=C(c1ccccc1)c1cc([N+](=O)[O-])ccc1S(=O)(=O)c1ccccc1. The molecule has 0 aliphatic heterocycles. The van der Waals surface area contributed by atoms with Gasteiger partial charge in [0.25, 0.3) is 5.69 Å². The van der Waals surface area contributed by atoms with Crippen molar-refractivity contribution in [2.24, 2.45) is 0 Å². The van der Waals surface area contributed by atoms with Crippen LogP contribution in [0.3, 0.4) is 0 Å². The van der Waals surface area contributed by atoms with Crippen LogP contribution < -0.4 is 0 Å². The van der Waals surface area contributed by atoms with Crippen LogP contribution >= 0.6 is 0 Å². The third-order valence-electron chi connectivity index (χ3n) is 3.80. The maximum Gasteiger partial charge on any atom is 0.270 e. The van der Waals surface area contributed by atoms with Gasteiger partial charge in [-0.2, -0.15) is 0 Å². The van der Waals surface area contributed by atoms with Gasteiger partial charge in [-0.15, -0.1) is 0 Å². The summed E-state index contributed by atoms with van der Waals surface area (Å²) in [6.07, 6.45) is 0. The monoisotopic (exact) mass is 367 g/mol. The van der Waals surface area contributed by atoms with E-state index in [1.54, 1.807) is 36.4 Å². The molecule has 130 valence electrons. The van der Waals surface area contributed by atoms with Crippen molar-refractivity contribution in [1.82, 2.24) is 0 Å². The highest BCUT2D eigenvalue weighted by Gasteiger charge is 2.27. The molecule has 0 amide bonds.